The largest absolute Gasteiger partial charge is 0.487 e. The number of nitriles is 1. The van der Waals surface area contributed by atoms with Gasteiger partial charge in [0, 0.05) is 37.2 Å². The lowest BCUT2D eigenvalue weighted by Crippen LogP contribution is -2.47. The maximum atomic E-state index is 13.9. The Kier molecular flexibility index (Phi) is 3.50. The van der Waals surface area contributed by atoms with E-state index in [-0.39, 0.29) is 24.5 Å². The molecule has 1 aromatic rings. The summed E-state index contributed by atoms with van der Waals surface area (Å²) in [4.78, 5) is 18.9. The van der Waals surface area contributed by atoms with E-state index in [1.807, 2.05) is 0 Å². The first-order chi connectivity index (χ1) is 11.8. The van der Waals surface area contributed by atoms with Crippen molar-refractivity contribution in [3.05, 3.63) is 23.5 Å². The van der Waals surface area contributed by atoms with E-state index in [4.69, 9.17) is 4.74 Å². The predicted molar refractivity (Wildman–Crippen MR) is 84.0 cm³/mol. The summed E-state index contributed by atoms with van der Waals surface area (Å²) in [5.74, 6) is -2.55. The van der Waals surface area contributed by atoms with Crippen LogP contribution in [0.25, 0.3) is 0 Å². The Morgan fingerprint density at radius 1 is 1.44 bits per heavy atom. The van der Waals surface area contributed by atoms with Gasteiger partial charge in [-0.15, -0.1) is 0 Å². The summed E-state index contributed by atoms with van der Waals surface area (Å²) in [6, 6.07) is 1.80. The van der Waals surface area contributed by atoms with E-state index in [1.54, 1.807) is 18.0 Å². The second kappa shape index (κ2) is 5.38. The molecule has 2 fully saturated rings. The van der Waals surface area contributed by atoms with Gasteiger partial charge >= 0.3 is 0 Å². The molecule has 4 rings (SSSR count). The third-order valence-corrected chi connectivity index (χ3v) is 5.65. The Hall–Kier alpha value is -2.23. The highest BCUT2D eigenvalue weighted by molar-refractivity contribution is 5.83. The van der Waals surface area contributed by atoms with Gasteiger partial charge in [-0.1, -0.05) is 6.92 Å². The third kappa shape index (κ3) is 2.55. The zero-order chi connectivity index (χ0) is 17.8. The van der Waals surface area contributed by atoms with Crippen LogP contribution in [-0.2, 0) is 4.79 Å². The van der Waals surface area contributed by atoms with Crippen molar-refractivity contribution in [2.75, 3.05) is 6.54 Å². The van der Waals surface area contributed by atoms with Crippen molar-refractivity contribution in [1.82, 2.24) is 9.88 Å². The van der Waals surface area contributed by atoms with Gasteiger partial charge in [-0.2, -0.15) is 5.26 Å². The minimum absolute atomic E-state index is 0.149. The standard InChI is InChI=1S/C18H19F2N3O2/c1-17(3-2-4-18(19,20)10-17)16(24)23-9-12-5-14(23)13-8-22-7-11(6-21)15(13)25-12/h7-8,12,14H,2-5,9-10H2,1H3/t12-,14-,17+/m0/s1. The second-order valence-corrected chi connectivity index (χ2v) is 7.61. The molecule has 0 aromatic carbocycles. The molecule has 3 aliphatic rings. The monoisotopic (exact) mass is 347 g/mol. The molecule has 1 saturated heterocycles. The van der Waals surface area contributed by atoms with Crippen molar-refractivity contribution in [3.63, 3.8) is 0 Å². The molecule has 0 N–H and O–H groups in total. The number of alkyl halides is 2. The quantitative estimate of drug-likeness (QED) is 0.782. The molecule has 7 heteroatoms. The summed E-state index contributed by atoms with van der Waals surface area (Å²) < 4.78 is 33.7. The first-order valence-electron chi connectivity index (χ1n) is 8.56. The Labute approximate surface area is 144 Å². The third-order valence-electron chi connectivity index (χ3n) is 5.65. The average molecular weight is 347 g/mol. The van der Waals surface area contributed by atoms with Crippen molar-refractivity contribution in [3.8, 4) is 11.8 Å². The Morgan fingerprint density at radius 2 is 2.24 bits per heavy atom. The van der Waals surface area contributed by atoms with Crippen molar-refractivity contribution in [1.29, 1.82) is 5.26 Å². The number of hydrogen-bond donors (Lipinski definition) is 0. The van der Waals surface area contributed by atoms with Crippen LogP contribution < -0.4 is 4.74 Å². The predicted octanol–water partition coefficient (Wildman–Crippen LogP) is 3.20. The molecule has 2 aliphatic heterocycles. The molecule has 3 atom stereocenters. The Morgan fingerprint density at radius 3 is 2.96 bits per heavy atom. The molecule has 2 bridgehead atoms. The van der Waals surface area contributed by atoms with Crippen molar-refractivity contribution >= 4 is 5.91 Å². The number of ether oxygens (including phenoxy) is 1. The lowest BCUT2D eigenvalue weighted by atomic mass is 9.72. The molecular weight excluding hydrogens is 328 g/mol. The number of likely N-dealkylation sites (tertiary alicyclic amines) is 1. The van der Waals surface area contributed by atoms with Gasteiger partial charge in [-0.25, -0.2) is 8.78 Å². The molecule has 1 amide bonds. The highest BCUT2D eigenvalue weighted by Gasteiger charge is 2.52. The number of fused-ring (bicyclic) bond motifs is 4. The number of hydrogen-bond acceptors (Lipinski definition) is 4. The minimum atomic E-state index is -2.79. The maximum Gasteiger partial charge on any atom is 0.249 e. The number of carbonyl (C=O) groups is 1. The number of amides is 1. The van der Waals surface area contributed by atoms with Gasteiger partial charge in [-0.05, 0) is 12.8 Å². The van der Waals surface area contributed by atoms with E-state index in [1.165, 1.54) is 6.20 Å². The van der Waals surface area contributed by atoms with Crippen molar-refractivity contribution in [2.45, 2.75) is 57.1 Å². The molecule has 0 spiro atoms. The molecule has 25 heavy (non-hydrogen) atoms. The van der Waals surface area contributed by atoms with Crippen LogP contribution in [0.3, 0.4) is 0 Å². The lowest BCUT2D eigenvalue weighted by molar-refractivity contribution is -0.154. The topological polar surface area (TPSA) is 66.2 Å². The fourth-order valence-corrected chi connectivity index (χ4v) is 4.50. The lowest BCUT2D eigenvalue weighted by Gasteiger charge is -2.40. The average Bonchev–Trinajstić information content (AvgIpc) is 2.90. The van der Waals surface area contributed by atoms with Gasteiger partial charge in [0.15, 0.2) is 0 Å². The number of pyridine rings is 1. The zero-order valence-electron chi connectivity index (χ0n) is 14.0. The Balaban J connectivity index is 1.66. The van der Waals surface area contributed by atoms with Gasteiger partial charge in [0.2, 0.25) is 11.8 Å². The highest BCUT2D eigenvalue weighted by Crippen LogP contribution is 2.50. The van der Waals surface area contributed by atoms with E-state index in [2.05, 4.69) is 11.1 Å². The van der Waals surface area contributed by atoms with Crippen LogP contribution in [-0.4, -0.2) is 34.4 Å². The second-order valence-electron chi connectivity index (χ2n) is 7.61. The summed E-state index contributed by atoms with van der Waals surface area (Å²) in [6.45, 7) is 2.01. The minimum Gasteiger partial charge on any atom is -0.487 e. The number of carbonyl (C=O) groups excluding carboxylic acids is 1. The maximum absolute atomic E-state index is 13.9. The van der Waals surface area contributed by atoms with Crippen LogP contribution in [0.4, 0.5) is 8.78 Å². The van der Waals surface area contributed by atoms with Crippen LogP contribution in [0.1, 0.15) is 56.2 Å². The fourth-order valence-electron chi connectivity index (χ4n) is 4.50. The van der Waals surface area contributed by atoms with Gasteiger partial charge in [-0.3, -0.25) is 9.78 Å². The SMILES string of the molecule is C[C@@]1(C(=O)N2C[C@@H]3C[C@H]2c2cncc(C#N)c2O3)CCCC(F)(F)C1. The number of aromatic nitrogens is 1. The van der Waals surface area contributed by atoms with Gasteiger partial charge in [0.05, 0.1) is 18.0 Å². The molecule has 3 heterocycles. The van der Waals surface area contributed by atoms with Crippen molar-refractivity contribution < 1.29 is 18.3 Å². The first kappa shape index (κ1) is 16.2. The summed E-state index contributed by atoms with van der Waals surface area (Å²) >= 11 is 0. The molecule has 1 saturated carbocycles. The molecular formula is C18H19F2N3O2. The number of rotatable bonds is 1. The van der Waals surface area contributed by atoms with Crippen molar-refractivity contribution in [2.24, 2.45) is 5.41 Å². The molecule has 5 nitrogen and oxygen atoms in total. The van der Waals surface area contributed by atoms with Crippen LogP contribution in [0.5, 0.6) is 5.75 Å². The van der Waals surface area contributed by atoms with Gasteiger partial charge in [0.1, 0.15) is 23.5 Å². The molecule has 1 aromatic heterocycles. The van der Waals surface area contributed by atoms with Crippen LogP contribution in [0, 0.1) is 16.7 Å². The van der Waals surface area contributed by atoms with Gasteiger partial charge < -0.3 is 9.64 Å². The van der Waals surface area contributed by atoms with E-state index >= 15 is 0 Å². The first-order valence-corrected chi connectivity index (χ1v) is 8.56. The summed E-state index contributed by atoms with van der Waals surface area (Å²) in [5, 5.41) is 9.23. The van der Waals surface area contributed by atoms with E-state index in [9.17, 15) is 18.8 Å². The molecule has 0 unspecified atom stereocenters. The van der Waals surface area contributed by atoms with Crippen LogP contribution in [0.2, 0.25) is 0 Å². The smallest absolute Gasteiger partial charge is 0.249 e. The Bertz CT molecular complexity index is 776. The van der Waals surface area contributed by atoms with Crippen LogP contribution in [0.15, 0.2) is 12.4 Å². The van der Waals surface area contributed by atoms with E-state index in [0.29, 0.717) is 42.7 Å². The van der Waals surface area contributed by atoms with E-state index in [0.717, 1.165) is 0 Å². The summed E-state index contributed by atoms with van der Waals surface area (Å²) in [5.41, 5.74) is -0.0103. The van der Waals surface area contributed by atoms with Crippen LogP contribution >= 0.6 is 0 Å². The molecule has 0 radical (unpaired) electrons. The molecule has 1 aliphatic carbocycles. The molecule has 132 valence electrons. The zero-order valence-corrected chi connectivity index (χ0v) is 14.0. The summed E-state index contributed by atoms with van der Waals surface area (Å²) in [6.07, 6.45) is 3.73. The van der Waals surface area contributed by atoms with Gasteiger partial charge in [0.25, 0.3) is 0 Å². The summed E-state index contributed by atoms with van der Waals surface area (Å²) in [7, 11) is 0. The number of nitrogens with zero attached hydrogens (tertiary/aromatic N) is 3. The fraction of sp³-hybridized carbons (Fsp3) is 0.611. The highest BCUT2D eigenvalue weighted by atomic mass is 19.3. The van der Waals surface area contributed by atoms with E-state index < -0.39 is 17.8 Å². The normalized spacial score (nSPS) is 32.5. The number of halogens is 2.